The summed E-state index contributed by atoms with van der Waals surface area (Å²) in [5.41, 5.74) is 11.8. The number of nitrogen functional groups attached to an aromatic ring is 1. The zero-order chi connectivity index (χ0) is 16.5. The lowest BCUT2D eigenvalue weighted by Crippen LogP contribution is -2.39. The Morgan fingerprint density at radius 3 is 2.96 bits per heavy atom. The van der Waals surface area contributed by atoms with Crippen LogP contribution in [0.4, 0.5) is 5.95 Å². The number of hydrogen-bond acceptors (Lipinski definition) is 5. The summed E-state index contributed by atoms with van der Waals surface area (Å²) in [6, 6.07) is 8.43. The molecule has 2 aliphatic rings. The molecule has 2 aromatic rings. The number of benzene rings is 1. The average Bonchev–Trinajstić information content (AvgIpc) is 3.00. The summed E-state index contributed by atoms with van der Waals surface area (Å²) in [4.78, 5) is 8.27. The normalized spacial score (nSPS) is 17.7. The standard InChI is InChI=1S/C19H23N5/c1-14-12-15(18-7-9-21-19(20)22-18)5-6-16(14)13-23-11-8-17-4-2-3-10-24(17)23/h5-9,12H,2-4,10-11,13H2,1H3,(H2,20,21,22). The predicted octanol–water partition coefficient (Wildman–Crippen LogP) is 3.13. The number of piperidine rings is 1. The lowest BCUT2D eigenvalue weighted by atomic mass is 10.0. The molecule has 1 fully saturated rings. The number of allylic oxidation sites excluding steroid dienone is 1. The van der Waals surface area contributed by atoms with E-state index in [-0.39, 0.29) is 0 Å². The molecule has 0 spiro atoms. The summed E-state index contributed by atoms with van der Waals surface area (Å²) >= 11 is 0. The van der Waals surface area contributed by atoms with Crippen molar-refractivity contribution in [3.8, 4) is 11.3 Å². The minimum atomic E-state index is 0.315. The SMILES string of the molecule is Cc1cc(-c2ccnc(N)n2)ccc1CN1CC=C2CCCCN21. The molecular formula is C19H23N5. The molecule has 0 bridgehead atoms. The van der Waals surface area contributed by atoms with Gasteiger partial charge in [0.2, 0.25) is 5.95 Å². The van der Waals surface area contributed by atoms with E-state index in [1.807, 2.05) is 6.07 Å². The van der Waals surface area contributed by atoms with Crippen molar-refractivity contribution < 1.29 is 0 Å². The van der Waals surface area contributed by atoms with Crippen molar-refractivity contribution in [2.24, 2.45) is 0 Å². The van der Waals surface area contributed by atoms with Crippen molar-refractivity contribution in [1.82, 2.24) is 20.0 Å². The predicted molar refractivity (Wildman–Crippen MR) is 95.7 cm³/mol. The van der Waals surface area contributed by atoms with E-state index in [0.29, 0.717) is 5.95 Å². The Balaban J connectivity index is 1.53. The second kappa shape index (κ2) is 6.24. The molecular weight excluding hydrogens is 298 g/mol. The molecule has 1 aromatic carbocycles. The zero-order valence-electron chi connectivity index (χ0n) is 14.1. The van der Waals surface area contributed by atoms with Gasteiger partial charge in [-0.25, -0.2) is 15.0 Å². The molecule has 4 rings (SSSR count). The van der Waals surface area contributed by atoms with E-state index in [9.17, 15) is 0 Å². The summed E-state index contributed by atoms with van der Waals surface area (Å²) < 4.78 is 0. The van der Waals surface area contributed by atoms with Crippen LogP contribution in [-0.2, 0) is 6.54 Å². The van der Waals surface area contributed by atoms with E-state index < -0.39 is 0 Å². The number of hydrogen-bond donors (Lipinski definition) is 1. The van der Waals surface area contributed by atoms with Crippen LogP contribution in [0.5, 0.6) is 0 Å². The van der Waals surface area contributed by atoms with E-state index in [4.69, 9.17) is 5.73 Å². The van der Waals surface area contributed by atoms with Crippen molar-refractivity contribution in [3.05, 3.63) is 53.4 Å². The third kappa shape index (κ3) is 2.87. The van der Waals surface area contributed by atoms with Crippen LogP contribution in [0.3, 0.4) is 0 Å². The molecule has 1 aromatic heterocycles. The molecule has 0 aliphatic carbocycles. The molecule has 2 aliphatic heterocycles. The number of anilines is 1. The molecule has 0 unspecified atom stereocenters. The van der Waals surface area contributed by atoms with Crippen LogP contribution in [0.15, 0.2) is 42.2 Å². The Kier molecular flexibility index (Phi) is 3.94. The van der Waals surface area contributed by atoms with Crippen molar-refractivity contribution in [1.29, 1.82) is 0 Å². The van der Waals surface area contributed by atoms with E-state index >= 15 is 0 Å². The second-order valence-corrected chi connectivity index (χ2v) is 6.56. The molecule has 2 N–H and O–H groups in total. The lowest BCUT2D eigenvalue weighted by Gasteiger charge is -2.35. The van der Waals surface area contributed by atoms with Gasteiger partial charge in [0, 0.05) is 37.1 Å². The molecule has 24 heavy (non-hydrogen) atoms. The molecule has 0 saturated carbocycles. The number of aromatic nitrogens is 2. The first-order chi connectivity index (χ1) is 11.7. The van der Waals surface area contributed by atoms with Gasteiger partial charge in [0.05, 0.1) is 5.69 Å². The average molecular weight is 321 g/mol. The smallest absolute Gasteiger partial charge is 0.220 e. The van der Waals surface area contributed by atoms with Gasteiger partial charge >= 0.3 is 0 Å². The van der Waals surface area contributed by atoms with Gasteiger partial charge in [-0.3, -0.25) is 0 Å². The molecule has 1 saturated heterocycles. The first kappa shape index (κ1) is 15.1. The maximum Gasteiger partial charge on any atom is 0.220 e. The minimum absolute atomic E-state index is 0.315. The van der Waals surface area contributed by atoms with Crippen LogP contribution in [-0.4, -0.2) is 33.1 Å². The first-order valence-corrected chi connectivity index (χ1v) is 8.60. The van der Waals surface area contributed by atoms with Crippen LogP contribution in [0.1, 0.15) is 30.4 Å². The van der Waals surface area contributed by atoms with E-state index in [0.717, 1.165) is 30.9 Å². The summed E-state index contributed by atoms with van der Waals surface area (Å²) in [6.07, 6.45) is 7.93. The van der Waals surface area contributed by atoms with Gasteiger partial charge in [0.1, 0.15) is 0 Å². The second-order valence-electron chi connectivity index (χ2n) is 6.56. The Morgan fingerprint density at radius 2 is 2.12 bits per heavy atom. The van der Waals surface area contributed by atoms with Gasteiger partial charge in [-0.2, -0.15) is 0 Å². The fraction of sp³-hybridized carbons (Fsp3) is 0.368. The number of nitrogens with zero attached hydrogens (tertiary/aromatic N) is 4. The van der Waals surface area contributed by atoms with Gasteiger partial charge in [-0.15, -0.1) is 0 Å². The summed E-state index contributed by atoms with van der Waals surface area (Å²) in [5, 5.41) is 4.93. The van der Waals surface area contributed by atoms with Crippen LogP contribution < -0.4 is 5.73 Å². The summed E-state index contributed by atoms with van der Waals surface area (Å²) in [6.45, 7) is 5.31. The van der Waals surface area contributed by atoms with Gasteiger partial charge in [-0.05, 0) is 55.5 Å². The molecule has 0 atom stereocenters. The van der Waals surface area contributed by atoms with Gasteiger partial charge in [-0.1, -0.05) is 12.1 Å². The third-order valence-electron chi connectivity index (χ3n) is 4.93. The van der Waals surface area contributed by atoms with E-state index in [2.05, 4.69) is 51.2 Å². The number of hydrazine groups is 1. The Bertz CT molecular complexity index is 783. The number of nitrogens with two attached hydrogens (primary N) is 1. The summed E-state index contributed by atoms with van der Waals surface area (Å²) in [7, 11) is 0. The molecule has 0 radical (unpaired) electrons. The van der Waals surface area contributed by atoms with E-state index in [1.54, 1.807) is 6.20 Å². The highest BCUT2D eigenvalue weighted by Gasteiger charge is 2.26. The topological polar surface area (TPSA) is 58.3 Å². The summed E-state index contributed by atoms with van der Waals surface area (Å²) in [5.74, 6) is 0.315. The van der Waals surface area contributed by atoms with Gasteiger partial charge in [0.25, 0.3) is 0 Å². The minimum Gasteiger partial charge on any atom is -0.368 e. The van der Waals surface area contributed by atoms with Crippen LogP contribution in [0, 0.1) is 6.92 Å². The fourth-order valence-corrected chi connectivity index (χ4v) is 3.59. The number of rotatable bonds is 3. The highest BCUT2D eigenvalue weighted by atomic mass is 15.6. The van der Waals surface area contributed by atoms with Crippen molar-refractivity contribution in [2.75, 3.05) is 18.8 Å². The molecule has 124 valence electrons. The highest BCUT2D eigenvalue weighted by molar-refractivity contribution is 5.61. The van der Waals surface area contributed by atoms with Crippen molar-refractivity contribution in [2.45, 2.75) is 32.7 Å². The number of aryl methyl sites for hydroxylation is 1. The van der Waals surface area contributed by atoms with Crippen LogP contribution >= 0.6 is 0 Å². The van der Waals surface area contributed by atoms with Gasteiger partial charge in [0.15, 0.2) is 0 Å². The molecule has 5 nitrogen and oxygen atoms in total. The largest absolute Gasteiger partial charge is 0.368 e. The maximum atomic E-state index is 5.69. The van der Waals surface area contributed by atoms with Crippen LogP contribution in [0.2, 0.25) is 0 Å². The van der Waals surface area contributed by atoms with Crippen molar-refractivity contribution in [3.63, 3.8) is 0 Å². The monoisotopic (exact) mass is 321 g/mol. The van der Waals surface area contributed by atoms with Crippen LogP contribution in [0.25, 0.3) is 11.3 Å². The Morgan fingerprint density at radius 1 is 1.21 bits per heavy atom. The van der Waals surface area contributed by atoms with E-state index in [1.165, 1.54) is 36.1 Å². The number of fused-ring (bicyclic) bond motifs is 1. The first-order valence-electron chi connectivity index (χ1n) is 8.60. The maximum absolute atomic E-state index is 5.69. The molecule has 5 heteroatoms. The highest BCUT2D eigenvalue weighted by Crippen LogP contribution is 2.29. The molecule has 3 heterocycles. The molecule has 0 amide bonds. The zero-order valence-corrected chi connectivity index (χ0v) is 14.1. The Hall–Kier alpha value is -2.40. The van der Waals surface area contributed by atoms with Crippen molar-refractivity contribution >= 4 is 5.95 Å². The Labute approximate surface area is 142 Å². The lowest BCUT2D eigenvalue weighted by molar-refractivity contribution is 0.0167. The fourth-order valence-electron chi connectivity index (χ4n) is 3.59. The third-order valence-corrected chi connectivity index (χ3v) is 4.93. The quantitative estimate of drug-likeness (QED) is 0.941. The van der Waals surface area contributed by atoms with Gasteiger partial charge < -0.3 is 10.7 Å².